The van der Waals surface area contributed by atoms with Gasteiger partial charge in [0.05, 0.1) is 11.2 Å². The Morgan fingerprint density at radius 3 is 2.13 bits per heavy atom. The summed E-state index contributed by atoms with van der Waals surface area (Å²) >= 11 is 0. The van der Waals surface area contributed by atoms with E-state index in [4.69, 9.17) is 4.74 Å². The summed E-state index contributed by atoms with van der Waals surface area (Å²) in [6.07, 6.45) is -4.75. The van der Waals surface area contributed by atoms with Crippen molar-refractivity contribution in [2.75, 3.05) is 13.1 Å². The summed E-state index contributed by atoms with van der Waals surface area (Å²) < 4.78 is 43.7. The van der Waals surface area contributed by atoms with Gasteiger partial charge in [0.1, 0.15) is 11.3 Å². The van der Waals surface area contributed by atoms with Crippen LogP contribution in [0.25, 0.3) is 0 Å². The maximum Gasteiger partial charge on any atom is 0.421 e. The third kappa shape index (κ3) is 3.93. The summed E-state index contributed by atoms with van der Waals surface area (Å²) in [5.74, 6) is -0.528. The second kappa shape index (κ2) is 5.36. The molecule has 1 aromatic rings. The lowest BCUT2D eigenvalue weighted by atomic mass is 9.98. The SMILES string of the molecule is CC1(C)CN(C(=O)c2ccc(C(F)(F)F)c(=O)[nH]2)CC(C)(C)O1. The van der Waals surface area contributed by atoms with E-state index in [1.54, 1.807) is 0 Å². The Balaban J connectivity index is 2.31. The van der Waals surface area contributed by atoms with Gasteiger partial charge in [0.15, 0.2) is 0 Å². The lowest BCUT2D eigenvalue weighted by Crippen LogP contribution is -2.58. The Morgan fingerprint density at radius 1 is 1.17 bits per heavy atom. The molecule has 128 valence electrons. The van der Waals surface area contributed by atoms with Crippen LogP contribution in [0, 0.1) is 0 Å². The van der Waals surface area contributed by atoms with E-state index < -0.39 is 34.4 Å². The van der Waals surface area contributed by atoms with Crippen molar-refractivity contribution in [1.82, 2.24) is 9.88 Å². The van der Waals surface area contributed by atoms with E-state index >= 15 is 0 Å². The van der Waals surface area contributed by atoms with Gasteiger partial charge in [-0.1, -0.05) is 0 Å². The number of alkyl halides is 3. The second-order valence-corrected chi connectivity index (χ2v) is 6.90. The van der Waals surface area contributed by atoms with Crippen LogP contribution in [0.3, 0.4) is 0 Å². The van der Waals surface area contributed by atoms with Crippen molar-refractivity contribution in [3.05, 3.63) is 33.7 Å². The van der Waals surface area contributed by atoms with Crippen molar-refractivity contribution < 1.29 is 22.7 Å². The number of carbonyl (C=O) groups excluding carboxylic acids is 1. The second-order valence-electron chi connectivity index (χ2n) is 6.90. The number of aromatic amines is 1. The van der Waals surface area contributed by atoms with Crippen molar-refractivity contribution >= 4 is 5.91 Å². The van der Waals surface area contributed by atoms with E-state index in [9.17, 15) is 22.8 Å². The minimum Gasteiger partial charge on any atom is -0.366 e. The lowest BCUT2D eigenvalue weighted by Gasteiger charge is -2.47. The lowest BCUT2D eigenvalue weighted by molar-refractivity contribution is -0.171. The molecule has 0 saturated carbocycles. The Labute approximate surface area is 131 Å². The van der Waals surface area contributed by atoms with E-state index in [0.29, 0.717) is 6.07 Å². The number of nitrogens with zero attached hydrogens (tertiary/aromatic N) is 1. The largest absolute Gasteiger partial charge is 0.421 e. The standard InChI is InChI=1S/C15H19F3N2O3/c1-13(2)7-20(8-14(3,4)23-13)12(22)10-6-5-9(11(21)19-10)15(16,17)18/h5-6H,7-8H2,1-4H3,(H,19,21). The van der Waals surface area contributed by atoms with E-state index in [0.717, 1.165) is 6.07 Å². The molecule has 1 fully saturated rings. The average Bonchev–Trinajstić information content (AvgIpc) is 2.32. The first-order valence-electron chi connectivity index (χ1n) is 7.11. The number of amides is 1. The molecule has 0 radical (unpaired) electrons. The van der Waals surface area contributed by atoms with E-state index in [-0.39, 0.29) is 18.8 Å². The van der Waals surface area contributed by atoms with Gasteiger partial charge in [0, 0.05) is 13.1 Å². The van der Waals surface area contributed by atoms with Gasteiger partial charge in [-0.25, -0.2) is 0 Å². The number of ether oxygens (including phenoxy) is 1. The molecule has 1 aliphatic heterocycles. The maximum absolute atomic E-state index is 12.6. The van der Waals surface area contributed by atoms with Crippen LogP contribution < -0.4 is 5.56 Å². The van der Waals surface area contributed by atoms with Gasteiger partial charge >= 0.3 is 6.18 Å². The normalized spacial score (nSPS) is 20.4. The summed E-state index contributed by atoms with van der Waals surface area (Å²) in [6.45, 7) is 7.84. The van der Waals surface area contributed by atoms with Gasteiger partial charge in [-0.05, 0) is 39.8 Å². The molecule has 1 aromatic heterocycles. The number of nitrogens with one attached hydrogen (secondary N) is 1. The number of pyridine rings is 1. The van der Waals surface area contributed by atoms with E-state index in [1.807, 2.05) is 32.7 Å². The fraction of sp³-hybridized carbons (Fsp3) is 0.600. The van der Waals surface area contributed by atoms with Gasteiger partial charge in [0.2, 0.25) is 0 Å². The van der Waals surface area contributed by atoms with Crippen molar-refractivity contribution in [3.63, 3.8) is 0 Å². The zero-order valence-corrected chi connectivity index (χ0v) is 13.4. The van der Waals surface area contributed by atoms with Crippen LogP contribution in [0.15, 0.2) is 16.9 Å². The molecule has 0 spiro atoms. The molecule has 1 N–H and O–H groups in total. The van der Waals surface area contributed by atoms with E-state index in [2.05, 4.69) is 0 Å². The Kier molecular flexibility index (Phi) is 4.09. The first kappa shape index (κ1) is 17.5. The van der Waals surface area contributed by atoms with E-state index in [1.165, 1.54) is 4.90 Å². The predicted octanol–water partition coefficient (Wildman–Crippen LogP) is 2.42. The van der Waals surface area contributed by atoms with Crippen LogP contribution in [-0.4, -0.2) is 40.1 Å². The van der Waals surface area contributed by atoms with Gasteiger partial charge < -0.3 is 14.6 Å². The molecule has 0 unspecified atom stereocenters. The first-order chi connectivity index (χ1) is 10.3. The van der Waals surface area contributed by atoms with Crippen LogP contribution in [0.2, 0.25) is 0 Å². The Bertz CT molecular complexity index is 661. The smallest absolute Gasteiger partial charge is 0.366 e. The average molecular weight is 332 g/mol. The molecule has 23 heavy (non-hydrogen) atoms. The number of morpholine rings is 1. The molecule has 0 atom stereocenters. The third-order valence-corrected chi connectivity index (χ3v) is 3.43. The molecule has 8 heteroatoms. The Morgan fingerprint density at radius 2 is 1.70 bits per heavy atom. The molecule has 2 rings (SSSR count). The molecule has 1 aliphatic rings. The number of hydrogen-bond acceptors (Lipinski definition) is 3. The fourth-order valence-corrected chi connectivity index (χ4v) is 2.92. The molecule has 5 nitrogen and oxygen atoms in total. The fourth-order valence-electron chi connectivity index (χ4n) is 2.92. The van der Waals surface area contributed by atoms with Crippen molar-refractivity contribution in [2.45, 2.75) is 45.1 Å². The van der Waals surface area contributed by atoms with Crippen molar-refractivity contribution in [3.8, 4) is 0 Å². The molecule has 0 aromatic carbocycles. The van der Waals surface area contributed by atoms with Crippen LogP contribution in [-0.2, 0) is 10.9 Å². The topological polar surface area (TPSA) is 62.4 Å². The zero-order valence-electron chi connectivity index (χ0n) is 13.4. The third-order valence-electron chi connectivity index (χ3n) is 3.43. The summed E-state index contributed by atoms with van der Waals surface area (Å²) in [5, 5.41) is 0. The van der Waals surface area contributed by atoms with Crippen LogP contribution in [0.5, 0.6) is 0 Å². The molecule has 0 bridgehead atoms. The summed E-state index contributed by atoms with van der Waals surface area (Å²) in [5.41, 5.74) is -4.00. The number of carbonyl (C=O) groups is 1. The Hall–Kier alpha value is -1.83. The highest BCUT2D eigenvalue weighted by Gasteiger charge is 2.40. The van der Waals surface area contributed by atoms with Crippen LogP contribution in [0.1, 0.15) is 43.7 Å². The minimum atomic E-state index is -4.75. The number of H-pyrrole nitrogens is 1. The van der Waals surface area contributed by atoms with Crippen LogP contribution >= 0.6 is 0 Å². The highest BCUT2D eigenvalue weighted by atomic mass is 19.4. The van der Waals surface area contributed by atoms with Crippen molar-refractivity contribution in [2.24, 2.45) is 0 Å². The molecule has 2 heterocycles. The zero-order chi connectivity index (χ0) is 17.6. The number of hydrogen-bond donors (Lipinski definition) is 1. The number of halogens is 3. The predicted molar refractivity (Wildman–Crippen MR) is 77.2 cm³/mol. The molecule has 1 saturated heterocycles. The van der Waals surface area contributed by atoms with Gasteiger partial charge in [0.25, 0.3) is 11.5 Å². The molecular weight excluding hydrogens is 313 g/mol. The summed E-state index contributed by atoms with van der Waals surface area (Å²) in [4.78, 5) is 27.6. The van der Waals surface area contributed by atoms with Gasteiger partial charge in [-0.15, -0.1) is 0 Å². The maximum atomic E-state index is 12.6. The first-order valence-corrected chi connectivity index (χ1v) is 7.11. The number of rotatable bonds is 1. The number of aromatic nitrogens is 1. The molecule has 1 amide bonds. The molecule has 0 aliphatic carbocycles. The minimum absolute atomic E-state index is 0.170. The van der Waals surface area contributed by atoms with Crippen molar-refractivity contribution in [1.29, 1.82) is 0 Å². The highest BCUT2D eigenvalue weighted by Crippen LogP contribution is 2.29. The van der Waals surface area contributed by atoms with Gasteiger partial charge in [-0.2, -0.15) is 13.2 Å². The summed E-state index contributed by atoms with van der Waals surface area (Å²) in [7, 11) is 0. The van der Waals surface area contributed by atoms with Gasteiger partial charge in [-0.3, -0.25) is 9.59 Å². The monoisotopic (exact) mass is 332 g/mol. The summed E-state index contributed by atoms with van der Waals surface area (Å²) in [6, 6.07) is 1.62. The van der Waals surface area contributed by atoms with Crippen LogP contribution in [0.4, 0.5) is 13.2 Å². The highest BCUT2D eigenvalue weighted by molar-refractivity contribution is 5.92. The molecular formula is C15H19F3N2O3. The quantitative estimate of drug-likeness (QED) is 0.859.